The molecule has 1 heterocycles. The van der Waals surface area contributed by atoms with Gasteiger partial charge in [0, 0.05) is 39.7 Å². The summed E-state index contributed by atoms with van der Waals surface area (Å²) < 4.78 is 1.82. The van der Waals surface area contributed by atoms with E-state index in [1.54, 1.807) is 55.0 Å². The van der Waals surface area contributed by atoms with E-state index in [1.807, 2.05) is 35.8 Å². The molecule has 0 spiro atoms. The van der Waals surface area contributed by atoms with Crippen LogP contribution in [0.5, 0.6) is 0 Å². The van der Waals surface area contributed by atoms with Crippen LogP contribution in [0.2, 0.25) is 10.0 Å². The zero-order valence-electron chi connectivity index (χ0n) is 17.7. The molecule has 4 rings (SSSR count). The minimum Gasteiger partial charge on any atom is -0.332 e. The first kappa shape index (κ1) is 22.6. The van der Waals surface area contributed by atoms with Gasteiger partial charge >= 0.3 is 0 Å². The molecule has 0 aliphatic heterocycles. The number of benzene rings is 3. The third-order valence-electron chi connectivity index (χ3n) is 5.07. The summed E-state index contributed by atoms with van der Waals surface area (Å²) in [6.45, 7) is 2.37. The van der Waals surface area contributed by atoms with Crippen molar-refractivity contribution in [2.45, 2.75) is 13.5 Å². The van der Waals surface area contributed by atoms with Crippen LogP contribution in [0.3, 0.4) is 0 Å². The minimum absolute atomic E-state index is 0.209. The fraction of sp³-hybridized carbons (Fsp3) is 0.0800. The van der Waals surface area contributed by atoms with Crippen LogP contribution in [0.25, 0.3) is 0 Å². The van der Waals surface area contributed by atoms with Crippen LogP contribution in [-0.2, 0) is 6.54 Å². The van der Waals surface area contributed by atoms with Crippen LogP contribution < -0.4 is 10.6 Å². The summed E-state index contributed by atoms with van der Waals surface area (Å²) in [4.78, 5) is 29.1. The zero-order valence-corrected chi connectivity index (χ0v) is 19.2. The molecule has 2 N–H and O–H groups in total. The van der Waals surface area contributed by atoms with Gasteiger partial charge in [-0.05, 0) is 66.6 Å². The molecule has 2 amide bonds. The first-order chi connectivity index (χ1) is 15.9. The van der Waals surface area contributed by atoms with Crippen molar-refractivity contribution < 1.29 is 9.59 Å². The molecule has 0 saturated heterocycles. The number of halogens is 2. The van der Waals surface area contributed by atoms with Gasteiger partial charge in [0.25, 0.3) is 11.8 Å². The lowest BCUT2D eigenvalue weighted by molar-refractivity contribution is 0.101. The second-order valence-corrected chi connectivity index (χ2v) is 8.30. The highest BCUT2D eigenvalue weighted by molar-refractivity contribution is 6.32. The number of hydrogen-bond donors (Lipinski definition) is 2. The summed E-state index contributed by atoms with van der Waals surface area (Å²) in [6, 6.07) is 19.5. The Morgan fingerprint density at radius 1 is 0.909 bits per heavy atom. The lowest BCUT2D eigenvalue weighted by Gasteiger charge is -2.08. The number of imidazole rings is 1. The summed E-state index contributed by atoms with van der Waals surface area (Å²) in [5, 5.41) is 6.86. The highest BCUT2D eigenvalue weighted by Gasteiger charge is 2.12. The quantitative estimate of drug-likeness (QED) is 0.354. The number of nitrogens with one attached hydrogen (secondary N) is 2. The maximum absolute atomic E-state index is 12.5. The number of anilines is 2. The molecule has 1 aromatic heterocycles. The Balaban J connectivity index is 1.37. The van der Waals surface area contributed by atoms with Gasteiger partial charge in [0.15, 0.2) is 0 Å². The number of carbonyl (C=O) groups excluding carboxylic acids is 2. The molecular weight excluding hydrogens is 459 g/mol. The Labute approximate surface area is 201 Å². The average Bonchev–Trinajstić information content (AvgIpc) is 3.27. The molecule has 0 atom stereocenters. The van der Waals surface area contributed by atoms with E-state index in [9.17, 15) is 9.59 Å². The molecule has 6 nitrogen and oxygen atoms in total. The maximum Gasteiger partial charge on any atom is 0.275 e. The van der Waals surface area contributed by atoms with E-state index in [0.717, 1.165) is 11.1 Å². The van der Waals surface area contributed by atoms with Gasteiger partial charge in [0.2, 0.25) is 0 Å². The Morgan fingerprint density at radius 3 is 2.36 bits per heavy atom. The molecular formula is C25H20Cl2N4O2. The first-order valence-corrected chi connectivity index (χ1v) is 10.9. The Morgan fingerprint density at radius 2 is 1.64 bits per heavy atom. The molecule has 0 aliphatic carbocycles. The topological polar surface area (TPSA) is 76.0 Å². The van der Waals surface area contributed by atoms with Gasteiger partial charge in [-0.15, -0.1) is 0 Å². The maximum atomic E-state index is 12.5. The molecule has 0 aliphatic rings. The number of carbonyl (C=O) groups is 2. The van der Waals surface area contributed by atoms with E-state index in [1.165, 1.54) is 0 Å². The monoisotopic (exact) mass is 478 g/mol. The fourth-order valence-electron chi connectivity index (χ4n) is 3.20. The van der Waals surface area contributed by atoms with Crippen molar-refractivity contribution in [2.75, 3.05) is 10.6 Å². The summed E-state index contributed by atoms with van der Waals surface area (Å²) in [7, 11) is 0. The predicted molar refractivity (Wildman–Crippen MR) is 131 cm³/mol. The second-order valence-electron chi connectivity index (χ2n) is 7.46. The van der Waals surface area contributed by atoms with Crippen molar-refractivity contribution in [3.05, 3.63) is 112 Å². The van der Waals surface area contributed by atoms with Crippen LogP contribution in [-0.4, -0.2) is 21.4 Å². The summed E-state index contributed by atoms with van der Waals surface area (Å²) in [5.74, 6) is -0.515. The molecule has 8 heteroatoms. The van der Waals surface area contributed by atoms with Crippen molar-refractivity contribution in [3.8, 4) is 0 Å². The van der Waals surface area contributed by atoms with Gasteiger partial charge in [-0.2, -0.15) is 0 Å². The number of rotatable bonds is 6. The van der Waals surface area contributed by atoms with Crippen LogP contribution in [0.15, 0.2) is 79.3 Å². The van der Waals surface area contributed by atoms with Crippen LogP contribution in [0, 0.1) is 6.92 Å². The van der Waals surface area contributed by atoms with E-state index in [4.69, 9.17) is 23.2 Å². The van der Waals surface area contributed by atoms with E-state index in [2.05, 4.69) is 15.6 Å². The van der Waals surface area contributed by atoms with Crippen molar-refractivity contribution in [2.24, 2.45) is 0 Å². The predicted octanol–water partition coefficient (Wildman–Crippen LogP) is 6.05. The number of amides is 2. The van der Waals surface area contributed by atoms with Gasteiger partial charge in [-0.3, -0.25) is 9.59 Å². The van der Waals surface area contributed by atoms with Crippen LogP contribution >= 0.6 is 23.2 Å². The summed E-state index contributed by atoms with van der Waals surface area (Å²) in [5.41, 5.74) is 3.96. The second kappa shape index (κ2) is 9.90. The van der Waals surface area contributed by atoms with Crippen LogP contribution in [0.1, 0.15) is 32.0 Å². The van der Waals surface area contributed by atoms with Gasteiger partial charge < -0.3 is 15.2 Å². The highest BCUT2D eigenvalue weighted by Crippen LogP contribution is 2.23. The molecule has 3 aromatic carbocycles. The zero-order chi connectivity index (χ0) is 23.4. The number of aromatic nitrogens is 2. The molecule has 4 aromatic rings. The summed E-state index contributed by atoms with van der Waals surface area (Å²) in [6.07, 6.45) is 3.29. The third-order valence-corrected chi connectivity index (χ3v) is 5.73. The third kappa shape index (κ3) is 5.61. The standard InChI is InChI=1S/C25H20Cl2N4O2/c1-16-21(27)3-2-4-22(16)30-25(33)23-14-31(15-28-23)13-17-5-11-20(12-6-17)29-24(32)18-7-9-19(26)10-8-18/h2-12,14-15H,13H2,1H3,(H,29,32)(H,30,33). The number of hydrogen-bond acceptors (Lipinski definition) is 3. The Bertz CT molecular complexity index is 1300. The smallest absolute Gasteiger partial charge is 0.275 e. The molecule has 0 radical (unpaired) electrons. The van der Waals surface area contributed by atoms with Gasteiger partial charge in [-0.1, -0.05) is 41.4 Å². The Kier molecular flexibility index (Phi) is 6.77. The van der Waals surface area contributed by atoms with Gasteiger partial charge in [0.1, 0.15) is 5.69 Å². The van der Waals surface area contributed by atoms with Crippen molar-refractivity contribution in [3.63, 3.8) is 0 Å². The molecule has 166 valence electrons. The molecule has 0 fully saturated rings. The highest BCUT2D eigenvalue weighted by atomic mass is 35.5. The van der Waals surface area contributed by atoms with Gasteiger partial charge in [0.05, 0.1) is 6.33 Å². The van der Waals surface area contributed by atoms with E-state index < -0.39 is 0 Å². The minimum atomic E-state index is -0.306. The van der Waals surface area contributed by atoms with Crippen molar-refractivity contribution in [1.82, 2.24) is 9.55 Å². The average molecular weight is 479 g/mol. The normalized spacial score (nSPS) is 10.6. The SMILES string of the molecule is Cc1c(Cl)cccc1NC(=O)c1cn(Cc2ccc(NC(=O)c3ccc(Cl)cc3)cc2)cn1. The van der Waals surface area contributed by atoms with Gasteiger partial charge in [-0.25, -0.2) is 4.98 Å². The lowest BCUT2D eigenvalue weighted by atomic mass is 10.2. The fourth-order valence-corrected chi connectivity index (χ4v) is 3.50. The molecule has 0 bridgehead atoms. The first-order valence-electron chi connectivity index (χ1n) is 10.1. The lowest BCUT2D eigenvalue weighted by Crippen LogP contribution is -2.13. The van der Waals surface area contributed by atoms with E-state index in [-0.39, 0.29) is 11.8 Å². The van der Waals surface area contributed by atoms with Crippen molar-refractivity contribution >= 4 is 46.4 Å². The number of nitrogens with zero attached hydrogens (tertiary/aromatic N) is 2. The molecule has 0 saturated carbocycles. The van der Waals surface area contributed by atoms with Crippen molar-refractivity contribution in [1.29, 1.82) is 0 Å². The largest absolute Gasteiger partial charge is 0.332 e. The van der Waals surface area contributed by atoms with Crippen LogP contribution in [0.4, 0.5) is 11.4 Å². The molecule has 0 unspecified atom stereocenters. The van der Waals surface area contributed by atoms with E-state index >= 15 is 0 Å². The summed E-state index contributed by atoms with van der Waals surface area (Å²) >= 11 is 12.0. The Hall–Kier alpha value is -3.61. The molecule has 33 heavy (non-hydrogen) atoms. The van der Waals surface area contributed by atoms with E-state index in [0.29, 0.717) is 39.2 Å².